The molecule has 0 saturated heterocycles. The summed E-state index contributed by atoms with van der Waals surface area (Å²) >= 11 is 0. The Morgan fingerprint density at radius 2 is 1.58 bits per heavy atom. The molecule has 0 aliphatic heterocycles. The molecule has 36 heavy (non-hydrogen) atoms. The zero-order valence-electron chi connectivity index (χ0n) is 19.4. The fourth-order valence-corrected chi connectivity index (χ4v) is 3.23. The van der Waals surface area contributed by atoms with Crippen LogP contribution in [0.4, 0.5) is 23.0 Å². The number of amides is 1. The molecule has 0 saturated carbocycles. The molecular weight excluding hydrogens is 474 g/mol. The van der Waals surface area contributed by atoms with Crippen molar-refractivity contribution < 1.29 is 24.1 Å². The minimum absolute atomic E-state index is 0.0254. The maximum absolute atomic E-state index is 12.2. The van der Waals surface area contributed by atoms with Gasteiger partial charge in [-0.3, -0.25) is 35.9 Å². The third kappa shape index (κ3) is 6.53. The normalized spacial score (nSPS) is 10.3. The topological polar surface area (TPSA) is 184 Å². The lowest BCUT2D eigenvalue weighted by Gasteiger charge is -2.12. The van der Waals surface area contributed by atoms with Gasteiger partial charge in [0.1, 0.15) is 6.33 Å². The number of carbonyl (C=O) groups is 1. The second-order valence-corrected chi connectivity index (χ2v) is 7.32. The number of non-ortho nitro benzene ring substituents is 1. The molecule has 0 radical (unpaired) electrons. The lowest BCUT2D eigenvalue weighted by Crippen LogP contribution is -2.31. The minimum Gasteiger partial charge on any atom is -0.493 e. The average Bonchev–Trinajstić information content (AvgIpc) is 2.87. The number of nitro benzene ring substituents is 1. The largest absolute Gasteiger partial charge is 0.493 e. The van der Waals surface area contributed by atoms with Gasteiger partial charge in [-0.05, 0) is 29.7 Å². The summed E-state index contributed by atoms with van der Waals surface area (Å²) in [5.41, 5.74) is 5.68. The standard InChI is InChI=1S/C22H23N7O7/c1-35-17-8-5-15(11-18(17)36-2)9-10-23-21-20(29(33)34)22(25-13-24-21)27-26-19(30)12-14-3-6-16(7-4-14)28(31)32/h3-8,11,13H,9-10,12H2,1-2H3,(H,26,30)(H2,23,24,25,27). The van der Waals surface area contributed by atoms with Crippen LogP contribution in [0, 0.1) is 20.2 Å². The van der Waals surface area contributed by atoms with Gasteiger partial charge in [-0.2, -0.15) is 0 Å². The smallest absolute Gasteiger partial charge is 0.354 e. The summed E-state index contributed by atoms with van der Waals surface area (Å²) in [5, 5.41) is 25.3. The molecule has 1 aromatic heterocycles. The van der Waals surface area contributed by atoms with Crippen LogP contribution < -0.4 is 25.6 Å². The predicted molar refractivity (Wildman–Crippen MR) is 129 cm³/mol. The van der Waals surface area contributed by atoms with Crippen LogP contribution >= 0.6 is 0 Å². The van der Waals surface area contributed by atoms with Crippen LogP contribution in [0.5, 0.6) is 11.5 Å². The summed E-state index contributed by atoms with van der Waals surface area (Å²) in [4.78, 5) is 41.3. The summed E-state index contributed by atoms with van der Waals surface area (Å²) < 4.78 is 10.5. The number of nitro groups is 2. The molecule has 3 rings (SSSR count). The third-order valence-electron chi connectivity index (χ3n) is 4.99. The fraction of sp³-hybridized carbons (Fsp3) is 0.227. The van der Waals surface area contributed by atoms with E-state index in [1.807, 2.05) is 12.1 Å². The summed E-state index contributed by atoms with van der Waals surface area (Å²) in [6.07, 6.45) is 1.52. The molecular formula is C22H23N7O7. The zero-order chi connectivity index (χ0) is 26.1. The van der Waals surface area contributed by atoms with Gasteiger partial charge in [0.15, 0.2) is 11.5 Å². The molecule has 1 heterocycles. The Bertz CT molecular complexity index is 1250. The Morgan fingerprint density at radius 1 is 0.917 bits per heavy atom. The second-order valence-electron chi connectivity index (χ2n) is 7.32. The van der Waals surface area contributed by atoms with Crippen molar-refractivity contribution in [1.29, 1.82) is 0 Å². The van der Waals surface area contributed by atoms with E-state index >= 15 is 0 Å². The van der Waals surface area contributed by atoms with Gasteiger partial charge in [0.2, 0.25) is 17.5 Å². The number of hydrazine groups is 1. The number of aromatic nitrogens is 2. The lowest BCUT2D eigenvalue weighted by molar-refractivity contribution is -0.384. The fourth-order valence-electron chi connectivity index (χ4n) is 3.23. The van der Waals surface area contributed by atoms with Gasteiger partial charge in [-0.1, -0.05) is 18.2 Å². The number of rotatable bonds is 12. The van der Waals surface area contributed by atoms with Crippen LogP contribution in [-0.4, -0.2) is 46.5 Å². The van der Waals surface area contributed by atoms with Crippen LogP contribution in [0.25, 0.3) is 0 Å². The quantitative estimate of drug-likeness (QED) is 0.247. The van der Waals surface area contributed by atoms with E-state index in [2.05, 4.69) is 26.1 Å². The van der Waals surface area contributed by atoms with Crippen molar-refractivity contribution in [2.75, 3.05) is 31.5 Å². The van der Waals surface area contributed by atoms with E-state index in [9.17, 15) is 25.0 Å². The molecule has 0 spiro atoms. The molecule has 0 fully saturated rings. The van der Waals surface area contributed by atoms with E-state index in [0.717, 1.165) is 11.9 Å². The Hall–Kier alpha value is -5.01. The molecule has 0 bridgehead atoms. The summed E-state index contributed by atoms with van der Waals surface area (Å²) in [5.74, 6) is 0.397. The highest BCUT2D eigenvalue weighted by molar-refractivity contribution is 5.81. The lowest BCUT2D eigenvalue weighted by atomic mass is 10.1. The first-order valence-corrected chi connectivity index (χ1v) is 10.5. The molecule has 0 aliphatic carbocycles. The first-order valence-electron chi connectivity index (χ1n) is 10.5. The SMILES string of the molecule is COc1ccc(CCNc2ncnc(NNC(=O)Cc3ccc([N+](=O)[O-])cc3)c2[N+](=O)[O-])cc1OC. The van der Waals surface area contributed by atoms with E-state index in [1.54, 1.807) is 6.07 Å². The highest BCUT2D eigenvalue weighted by Crippen LogP contribution is 2.29. The summed E-state index contributed by atoms with van der Waals surface area (Å²) in [7, 11) is 3.07. The van der Waals surface area contributed by atoms with Crippen molar-refractivity contribution in [3.8, 4) is 11.5 Å². The van der Waals surface area contributed by atoms with Gasteiger partial charge in [0.05, 0.1) is 30.5 Å². The van der Waals surface area contributed by atoms with Gasteiger partial charge in [0.25, 0.3) is 5.69 Å². The average molecular weight is 497 g/mol. The number of ether oxygens (including phenoxy) is 2. The van der Waals surface area contributed by atoms with Gasteiger partial charge in [0, 0.05) is 18.7 Å². The van der Waals surface area contributed by atoms with Gasteiger partial charge in [-0.15, -0.1) is 0 Å². The van der Waals surface area contributed by atoms with Crippen molar-refractivity contribution in [1.82, 2.24) is 15.4 Å². The van der Waals surface area contributed by atoms with Crippen molar-refractivity contribution in [2.24, 2.45) is 0 Å². The molecule has 0 atom stereocenters. The number of hydrogen-bond donors (Lipinski definition) is 3. The van der Waals surface area contributed by atoms with Gasteiger partial charge < -0.3 is 14.8 Å². The molecule has 188 valence electrons. The van der Waals surface area contributed by atoms with Crippen molar-refractivity contribution >= 4 is 28.9 Å². The highest BCUT2D eigenvalue weighted by Gasteiger charge is 2.23. The maximum atomic E-state index is 12.2. The van der Waals surface area contributed by atoms with Crippen LogP contribution in [0.15, 0.2) is 48.8 Å². The van der Waals surface area contributed by atoms with Crippen LogP contribution in [-0.2, 0) is 17.6 Å². The molecule has 0 aliphatic rings. The van der Waals surface area contributed by atoms with Gasteiger partial charge in [-0.25, -0.2) is 9.97 Å². The first kappa shape index (κ1) is 25.6. The summed E-state index contributed by atoms with van der Waals surface area (Å²) in [6, 6.07) is 10.9. The minimum atomic E-state index is -0.663. The zero-order valence-corrected chi connectivity index (χ0v) is 19.4. The number of benzene rings is 2. The van der Waals surface area contributed by atoms with Crippen molar-refractivity contribution in [3.63, 3.8) is 0 Å². The molecule has 3 N–H and O–H groups in total. The van der Waals surface area contributed by atoms with E-state index in [-0.39, 0.29) is 23.7 Å². The number of hydrogen-bond acceptors (Lipinski definition) is 11. The number of nitrogens with one attached hydrogen (secondary N) is 3. The number of anilines is 2. The molecule has 1 amide bonds. The van der Waals surface area contributed by atoms with Crippen molar-refractivity contribution in [3.05, 3.63) is 80.1 Å². The Balaban J connectivity index is 1.62. The molecule has 14 heteroatoms. The second kappa shape index (κ2) is 11.9. The van der Waals surface area contributed by atoms with Gasteiger partial charge >= 0.3 is 5.69 Å². The van der Waals surface area contributed by atoms with Crippen LogP contribution in [0.2, 0.25) is 0 Å². The predicted octanol–water partition coefficient (Wildman–Crippen LogP) is 2.65. The molecule has 3 aromatic rings. The Morgan fingerprint density at radius 3 is 2.22 bits per heavy atom. The molecule has 14 nitrogen and oxygen atoms in total. The first-order chi connectivity index (χ1) is 17.3. The van der Waals surface area contributed by atoms with Crippen molar-refractivity contribution in [2.45, 2.75) is 12.8 Å². The van der Waals surface area contributed by atoms with E-state index in [4.69, 9.17) is 9.47 Å². The Kier molecular flexibility index (Phi) is 8.48. The van der Waals surface area contributed by atoms with E-state index < -0.39 is 21.4 Å². The number of carbonyl (C=O) groups excluding carboxylic acids is 1. The van der Waals surface area contributed by atoms with E-state index in [1.165, 1.54) is 38.5 Å². The Labute approximate surface area is 204 Å². The van der Waals surface area contributed by atoms with E-state index in [0.29, 0.717) is 30.0 Å². The van der Waals surface area contributed by atoms with Crippen LogP contribution in [0.3, 0.4) is 0 Å². The molecule has 0 unspecified atom stereocenters. The highest BCUT2D eigenvalue weighted by atomic mass is 16.6. The monoisotopic (exact) mass is 497 g/mol. The van der Waals surface area contributed by atoms with Crippen LogP contribution in [0.1, 0.15) is 11.1 Å². The number of methoxy groups -OCH3 is 2. The summed E-state index contributed by atoms with van der Waals surface area (Å²) in [6.45, 7) is 0.319. The maximum Gasteiger partial charge on any atom is 0.354 e. The number of nitrogens with zero attached hydrogens (tertiary/aromatic N) is 4. The third-order valence-corrected chi connectivity index (χ3v) is 4.99. The molecule has 2 aromatic carbocycles.